The van der Waals surface area contributed by atoms with Crippen molar-refractivity contribution in [3.8, 4) is 0 Å². The predicted octanol–water partition coefficient (Wildman–Crippen LogP) is 3.80. The van der Waals surface area contributed by atoms with Crippen molar-refractivity contribution >= 4 is 56.5 Å². The number of nitrogens with zero attached hydrogens (tertiary/aromatic N) is 1. The van der Waals surface area contributed by atoms with E-state index in [4.69, 9.17) is 41.2 Å². The number of thiocarbonyl (C=S) groups is 1. The molecule has 0 amide bonds. The third kappa shape index (κ3) is 4.13. The lowest BCUT2D eigenvalue weighted by Crippen LogP contribution is -2.55. The van der Waals surface area contributed by atoms with E-state index < -0.39 is 4.57 Å². The number of hydrogen-bond acceptors (Lipinski definition) is 2. The van der Waals surface area contributed by atoms with E-state index in [9.17, 15) is 0 Å². The van der Waals surface area contributed by atoms with Crippen molar-refractivity contribution in [2.75, 3.05) is 6.54 Å². The zero-order chi connectivity index (χ0) is 15.5. The van der Waals surface area contributed by atoms with Crippen LogP contribution in [0.15, 0.2) is 42.6 Å². The molecule has 1 atom stereocenters. The van der Waals surface area contributed by atoms with Crippen molar-refractivity contribution in [2.45, 2.75) is 11.0 Å². The minimum atomic E-state index is -0.638. The van der Waals surface area contributed by atoms with Gasteiger partial charge in [-0.3, -0.25) is 0 Å². The van der Waals surface area contributed by atoms with Gasteiger partial charge < -0.3 is 16.0 Å². The van der Waals surface area contributed by atoms with Gasteiger partial charge in [0.05, 0.1) is 0 Å². The lowest BCUT2D eigenvalue weighted by molar-refractivity contribution is 0.278. The molecule has 0 bridgehead atoms. The summed E-state index contributed by atoms with van der Waals surface area (Å²) in [5.41, 5.74) is 6.51. The molecule has 1 aliphatic heterocycles. The SMILES string of the molecule is NC(=S)NC1(Br)C=CC=CN1CCc1c(Cl)cccc1Cl. The molecule has 3 nitrogen and oxygen atoms in total. The standard InChI is InChI=1S/C14H14BrCl2N3S/c15-14(19-13(18)21)7-1-2-8-20(14)9-6-10-11(16)4-3-5-12(10)17/h1-5,7-8H,6,9H2,(H3,18,19,21). The van der Waals surface area contributed by atoms with Gasteiger partial charge in [-0.15, -0.1) is 0 Å². The summed E-state index contributed by atoms with van der Waals surface area (Å²) in [6.45, 7) is 0.686. The van der Waals surface area contributed by atoms with Crippen LogP contribution in [0.3, 0.4) is 0 Å². The number of allylic oxidation sites excluding steroid dienone is 2. The Bertz CT molecular complexity index is 586. The van der Waals surface area contributed by atoms with E-state index in [2.05, 4.69) is 21.2 Å². The fraction of sp³-hybridized carbons (Fsp3) is 0.214. The fourth-order valence-electron chi connectivity index (χ4n) is 2.07. The molecule has 0 radical (unpaired) electrons. The summed E-state index contributed by atoms with van der Waals surface area (Å²) in [5, 5.41) is 4.57. The Hall–Kier alpha value is -0.750. The second kappa shape index (κ2) is 7.01. The van der Waals surface area contributed by atoms with Crippen LogP contribution in [0.1, 0.15) is 5.56 Å². The van der Waals surface area contributed by atoms with Crippen LogP contribution in [-0.2, 0) is 6.42 Å². The Morgan fingerprint density at radius 3 is 2.62 bits per heavy atom. The van der Waals surface area contributed by atoms with Gasteiger partial charge in [-0.25, -0.2) is 0 Å². The molecule has 0 aliphatic carbocycles. The van der Waals surface area contributed by atoms with Crippen LogP contribution >= 0.6 is 51.3 Å². The van der Waals surface area contributed by atoms with E-state index in [0.29, 0.717) is 23.0 Å². The number of hydrogen-bond donors (Lipinski definition) is 2. The summed E-state index contributed by atoms with van der Waals surface area (Å²) in [6, 6.07) is 5.51. The molecule has 0 saturated carbocycles. The zero-order valence-electron chi connectivity index (χ0n) is 11.0. The number of nitrogens with two attached hydrogens (primary N) is 1. The smallest absolute Gasteiger partial charge is 0.189 e. The van der Waals surface area contributed by atoms with Gasteiger partial charge in [-0.05, 0) is 64.4 Å². The first-order chi connectivity index (χ1) is 9.92. The molecule has 1 unspecified atom stereocenters. The van der Waals surface area contributed by atoms with Crippen molar-refractivity contribution in [1.29, 1.82) is 0 Å². The van der Waals surface area contributed by atoms with Gasteiger partial charge in [0.2, 0.25) is 0 Å². The Morgan fingerprint density at radius 2 is 2.00 bits per heavy atom. The average molecular weight is 407 g/mol. The van der Waals surface area contributed by atoms with Gasteiger partial charge in [0.25, 0.3) is 0 Å². The highest BCUT2D eigenvalue weighted by atomic mass is 79.9. The van der Waals surface area contributed by atoms with Gasteiger partial charge >= 0.3 is 0 Å². The minimum Gasteiger partial charge on any atom is -0.376 e. The highest BCUT2D eigenvalue weighted by Crippen LogP contribution is 2.29. The molecule has 0 fully saturated rings. The topological polar surface area (TPSA) is 41.3 Å². The molecule has 0 spiro atoms. The molecule has 1 heterocycles. The largest absolute Gasteiger partial charge is 0.376 e. The summed E-state index contributed by atoms with van der Waals surface area (Å²) < 4.78 is -0.638. The van der Waals surface area contributed by atoms with E-state index in [0.717, 1.165) is 5.56 Å². The van der Waals surface area contributed by atoms with Crippen LogP contribution in [0.4, 0.5) is 0 Å². The zero-order valence-corrected chi connectivity index (χ0v) is 14.9. The molecule has 7 heteroatoms. The maximum absolute atomic E-state index is 6.20. The molecule has 21 heavy (non-hydrogen) atoms. The number of rotatable bonds is 4. The van der Waals surface area contributed by atoms with Crippen LogP contribution in [0, 0.1) is 0 Å². The summed E-state index contributed by atoms with van der Waals surface area (Å²) in [6.07, 6.45) is 8.43. The van der Waals surface area contributed by atoms with Crippen molar-refractivity contribution in [1.82, 2.24) is 10.2 Å². The number of benzene rings is 1. The van der Waals surface area contributed by atoms with E-state index in [1.54, 1.807) is 0 Å². The van der Waals surface area contributed by atoms with E-state index in [1.165, 1.54) is 0 Å². The van der Waals surface area contributed by atoms with Gasteiger partial charge in [-0.2, -0.15) is 0 Å². The summed E-state index contributed by atoms with van der Waals surface area (Å²) in [7, 11) is 0. The lowest BCUT2D eigenvalue weighted by Gasteiger charge is -2.39. The van der Waals surface area contributed by atoms with Crippen LogP contribution < -0.4 is 11.1 Å². The Labute approximate surface area is 147 Å². The second-order valence-electron chi connectivity index (χ2n) is 4.51. The van der Waals surface area contributed by atoms with Crippen LogP contribution in [0.5, 0.6) is 0 Å². The van der Waals surface area contributed by atoms with Crippen molar-refractivity contribution < 1.29 is 0 Å². The Kier molecular flexibility index (Phi) is 5.54. The van der Waals surface area contributed by atoms with E-state index in [1.807, 2.05) is 47.5 Å². The first-order valence-electron chi connectivity index (χ1n) is 6.24. The minimum absolute atomic E-state index is 0.215. The molecule has 0 saturated heterocycles. The third-order valence-electron chi connectivity index (χ3n) is 3.08. The molecule has 0 aromatic heterocycles. The summed E-state index contributed by atoms with van der Waals surface area (Å²) >= 11 is 20.9. The highest BCUT2D eigenvalue weighted by molar-refractivity contribution is 9.10. The van der Waals surface area contributed by atoms with Crippen LogP contribution in [0.25, 0.3) is 0 Å². The Morgan fingerprint density at radius 1 is 1.33 bits per heavy atom. The molecule has 1 aromatic carbocycles. The third-order valence-corrected chi connectivity index (χ3v) is 4.80. The number of nitrogens with one attached hydrogen (secondary N) is 1. The molecule has 112 valence electrons. The molecule has 2 rings (SSSR count). The highest BCUT2D eigenvalue weighted by Gasteiger charge is 2.30. The predicted molar refractivity (Wildman–Crippen MR) is 96.7 cm³/mol. The van der Waals surface area contributed by atoms with Gasteiger partial charge in [0.1, 0.15) is 0 Å². The first-order valence-corrected chi connectivity index (χ1v) is 8.20. The van der Waals surface area contributed by atoms with E-state index in [-0.39, 0.29) is 5.11 Å². The lowest BCUT2D eigenvalue weighted by atomic mass is 10.1. The maximum atomic E-state index is 6.20. The monoisotopic (exact) mass is 405 g/mol. The normalized spacial score (nSPS) is 20.6. The molecule has 1 aliphatic rings. The van der Waals surface area contributed by atoms with Crippen molar-refractivity contribution in [3.63, 3.8) is 0 Å². The fourth-order valence-corrected chi connectivity index (χ4v) is 3.60. The van der Waals surface area contributed by atoms with Gasteiger partial charge in [0, 0.05) is 22.8 Å². The number of alkyl halides is 1. The Balaban J connectivity index is 2.12. The maximum Gasteiger partial charge on any atom is 0.189 e. The van der Waals surface area contributed by atoms with Crippen LogP contribution in [0.2, 0.25) is 10.0 Å². The average Bonchev–Trinajstić information content (AvgIpc) is 2.39. The van der Waals surface area contributed by atoms with E-state index >= 15 is 0 Å². The summed E-state index contributed by atoms with van der Waals surface area (Å²) in [5.74, 6) is 0. The van der Waals surface area contributed by atoms with Crippen molar-refractivity contribution in [3.05, 3.63) is 58.2 Å². The molecular weight excluding hydrogens is 393 g/mol. The van der Waals surface area contributed by atoms with Crippen LogP contribution in [-0.4, -0.2) is 21.1 Å². The van der Waals surface area contributed by atoms with Crippen molar-refractivity contribution in [2.24, 2.45) is 5.73 Å². The molecule has 3 N–H and O–H groups in total. The van der Waals surface area contributed by atoms with Gasteiger partial charge in [0.15, 0.2) is 9.68 Å². The van der Waals surface area contributed by atoms with Gasteiger partial charge in [-0.1, -0.05) is 35.3 Å². The quantitative estimate of drug-likeness (QED) is 0.453. The summed E-state index contributed by atoms with van der Waals surface area (Å²) in [4.78, 5) is 2.03. The molecule has 1 aromatic rings. The molecular formula is C14H14BrCl2N3S. The first kappa shape index (κ1) is 16.6. The second-order valence-corrected chi connectivity index (χ2v) is 6.97. The number of halogens is 3.